The SMILES string of the molecule is C[Si](C)=[Zr]([CH]1C=Cc2ccccc21)[CH]1C=Cc2ccccc21.O=S(=O)(O)C(F)(F)F.O=S(=O)(O)C(F)(F)F. The first-order chi connectivity index (χ1) is 17.3. The third-order valence-corrected chi connectivity index (χ3v) is 25.7. The van der Waals surface area contributed by atoms with Crippen LogP contribution in [0.3, 0.4) is 0 Å². The van der Waals surface area contributed by atoms with Gasteiger partial charge in [-0.3, -0.25) is 9.11 Å². The third kappa shape index (κ3) is 8.21. The summed E-state index contributed by atoms with van der Waals surface area (Å²) < 4.78 is 117. The first-order valence-electron chi connectivity index (χ1n) is 10.5. The molecule has 0 radical (unpaired) electrons. The van der Waals surface area contributed by atoms with Gasteiger partial charge in [0.25, 0.3) is 0 Å². The second-order valence-electron chi connectivity index (χ2n) is 8.23. The molecule has 2 aliphatic carbocycles. The number of fused-ring (bicyclic) bond motifs is 2. The van der Waals surface area contributed by atoms with Crippen molar-refractivity contribution >= 4 is 37.8 Å². The van der Waals surface area contributed by atoms with E-state index < -0.39 is 51.6 Å². The van der Waals surface area contributed by atoms with Gasteiger partial charge in [-0.05, 0) is 0 Å². The molecule has 2 aromatic rings. The van der Waals surface area contributed by atoms with E-state index in [4.69, 9.17) is 25.9 Å². The van der Waals surface area contributed by atoms with E-state index in [1.54, 1.807) is 11.1 Å². The Hall–Kier alpha value is -1.58. The average Bonchev–Trinajstić information content (AvgIpc) is 3.37. The van der Waals surface area contributed by atoms with Crippen LogP contribution < -0.4 is 0 Å². The van der Waals surface area contributed by atoms with Crippen LogP contribution in [0.5, 0.6) is 0 Å². The number of alkyl halides is 6. The fourth-order valence-electron chi connectivity index (χ4n) is 3.86. The van der Waals surface area contributed by atoms with Gasteiger partial charge in [-0.2, -0.15) is 43.2 Å². The molecular weight excluding hydrogens is 658 g/mol. The number of hydrogen-bond donors (Lipinski definition) is 2. The minimum atomic E-state index is -5.84. The van der Waals surface area contributed by atoms with Crippen molar-refractivity contribution in [1.29, 1.82) is 0 Å². The van der Waals surface area contributed by atoms with Gasteiger partial charge in [-0.15, -0.1) is 0 Å². The Labute approximate surface area is 223 Å². The summed E-state index contributed by atoms with van der Waals surface area (Å²) in [5.74, 6) is 0. The van der Waals surface area contributed by atoms with E-state index in [1.165, 1.54) is 11.1 Å². The van der Waals surface area contributed by atoms with Gasteiger partial charge in [0.1, 0.15) is 0 Å². The summed E-state index contributed by atoms with van der Waals surface area (Å²) in [6, 6.07) is 18.1. The first kappa shape index (κ1) is 32.6. The summed E-state index contributed by atoms with van der Waals surface area (Å²) in [6.45, 7) is 5.12. The molecular formula is C22H22F6O6S2SiZr. The van der Waals surface area contributed by atoms with Gasteiger partial charge in [0, 0.05) is 0 Å². The summed E-state index contributed by atoms with van der Waals surface area (Å²) in [6.07, 6.45) is 9.81. The van der Waals surface area contributed by atoms with Crippen LogP contribution in [0, 0.1) is 0 Å². The molecule has 0 amide bonds. The van der Waals surface area contributed by atoms with E-state index in [1.807, 2.05) is 0 Å². The molecule has 2 N–H and O–H groups in total. The Kier molecular flexibility index (Phi) is 10.6. The fraction of sp³-hybridized carbons (Fsp3) is 0.273. The predicted molar refractivity (Wildman–Crippen MR) is 129 cm³/mol. The molecule has 2 aliphatic rings. The van der Waals surface area contributed by atoms with E-state index in [9.17, 15) is 26.3 Å². The summed E-state index contributed by atoms with van der Waals surface area (Å²) in [5, 5.41) is 0. The number of hydrogen-bond acceptors (Lipinski definition) is 4. The van der Waals surface area contributed by atoms with Crippen LogP contribution in [-0.4, -0.2) is 42.4 Å². The van der Waals surface area contributed by atoms with Crippen molar-refractivity contribution in [2.24, 2.45) is 0 Å². The van der Waals surface area contributed by atoms with Crippen LogP contribution in [0.25, 0.3) is 12.2 Å². The Morgan fingerprint density at radius 1 is 0.684 bits per heavy atom. The zero-order chi connectivity index (χ0) is 29.1. The van der Waals surface area contributed by atoms with E-state index in [-0.39, 0.29) is 5.43 Å². The summed E-state index contributed by atoms with van der Waals surface area (Å²) in [4.78, 5) is 0. The second-order valence-corrected chi connectivity index (χ2v) is 29.1. The molecule has 6 nitrogen and oxygen atoms in total. The smallest absolute Gasteiger partial charge is 0.279 e. The average molecular weight is 680 g/mol. The molecule has 0 saturated carbocycles. The van der Waals surface area contributed by atoms with Crippen LogP contribution in [0.15, 0.2) is 60.7 Å². The minimum absolute atomic E-state index is 0.228. The molecule has 16 heteroatoms. The minimum Gasteiger partial charge on any atom is -0.279 e. The molecule has 0 saturated heterocycles. The Morgan fingerprint density at radius 3 is 1.24 bits per heavy atom. The molecule has 2 unspecified atom stereocenters. The van der Waals surface area contributed by atoms with Crippen molar-refractivity contribution in [3.05, 3.63) is 82.9 Å². The molecule has 0 fully saturated rings. The number of benzene rings is 2. The van der Waals surface area contributed by atoms with Crippen LogP contribution >= 0.6 is 0 Å². The van der Waals surface area contributed by atoms with Gasteiger partial charge in [0.05, 0.1) is 0 Å². The van der Waals surface area contributed by atoms with Crippen molar-refractivity contribution in [3.8, 4) is 0 Å². The van der Waals surface area contributed by atoms with Crippen LogP contribution in [0.1, 0.15) is 29.5 Å². The molecule has 0 aliphatic heterocycles. The van der Waals surface area contributed by atoms with Crippen LogP contribution in [0.2, 0.25) is 13.1 Å². The Bertz CT molecular complexity index is 1370. The van der Waals surface area contributed by atoms with Gasteiger partial charge in [0.15, 0.2) is 0 Å². The van der Waals surface area contributed by atoms with E-state index in [0.717, 1.165) is 7.25 Å². The normalized spacial score (nSPS) is 17.9. The standard InChI is InChI=1S/2C9H7.C2H6Si.2CHF3O3S.Zr/c2*1-2-5-9-7-3-6-8(9)4-1;1-3-2;2*2-1(3,4)8(5,6)7;/h2*1-7H;1-2H3;2*(H,5,6,7);. The molecule has 0 aromatic heterocycles. The summed E-state index contributed by atoms with van der Waals surface area (Å²) in [7, 11) is -11.7. The van der Waals surface area contributed by atoms with E-state index >= 15 is 0 Å². The molecule has 0 spiro atoms. The van der Waals surface area contributed by atoms with Gasteiger partial charge in [-0.1, -0.05) is 0 Å². The second kappa shape index (κ2) is 12.3. The maximum atomic E-state index is 10.7. The molecule has 208 valence electrons. The van der Waals surface area contributed by atoms with Crippen molar-refractivity contribution < 1.29 is 72.7 Å². The van der Waals surface area contributed by atoms with Crippen molar-refractivity contribution in [3.63, 3.8) is 0 Å². The molecule has 38 heavy (non-hydrogen) atoms. The maximum absolute atomic E-state index is 10.7. The molecule has 0 bridgehead atoms. The molecule has 2 atom stereocenters. The largest absolute Gasteiger partial charge is 0.522 e. The Balaban J connectivity index is 0.000000264. The first-order valence-corrected chi connectivity index (χ1v) is 22.4. The van der Waals surface area contributed by atoms with Gasteiger partial charge >= 0.3 is 172 Å². The van der Waals surface area contributed by atoms with Gasteiger partial charge < -0.3 is 0 Å². The molecule has 4 rings (SSSR count). The molecule has 0 heterocycles. The number of halogens is 6. The zero-order valence-corrected chi connectivity index (χ0v) is 24.8. The predicted octanol–water partition coefficient (Wildman–Crippen LogP) is 6.18. The van der Waals surface area contributed by atoms with Gasteiger partial charge in [-0.25, -0.2) is 0 Å². The summed E-state index contributed by atoms with van der Waals surface area (Å²) in [5.41, 5.74) is -5.15. The van der Waals surface area contributed by atoms with Gasteiger partial charge in [0.2, 0.25) is 0 Å². The van der Waals surface area contributed by atoms with Crippen LogP contribution in [0.4, 0.5) is 26.3 Å². The third-order valence-electron chi connectivity index (χ3n) is 5.43. The molecule has 2 aromatic carbocycles. The van der Waals surface area contributed by atoms with Crippen molar-refractivity contribution in [2.75, 3.05) is 0 Å². The quantitative estimate of drug-likeness (QED) is 0.170. The zero-order valence-electron chi connectivity index (χ0n) is 19.7. The number of allylic oxidation sites excluding steroid dienone is 2. The van der Waals surface area contributed by atoms with Crippen molar-refractivity contribution in [1.82, 2.24) is 0 Å². The van der Waals surface area contributed by atoms with Crippen molar-refractivity contribution in [2.45, 2.75) is 31.4 Å². The number of rotatable bonds is 2. The van der Waals surface area contributed by atoms with Crippen LogP contribution in [-0.2, 0) is 40.6 Å². The fourth-order valence-corrected chi connectivity index (χ4v) is 22.6. The summed E-state index contributed by atoms with van der Waals surface area (Å²) >= 11 is -1.65. The van der Waals surface area contributed by atoms with E-state index in [0.29, 0.717) is 0 Å². The Morgan fingerprint density at radius 2 is 0.974 bits per heavy atom. The monoisotopic (exact) mass is 678 g/mol. The maximum Gasteiger partial charge on any atom is 0.522 e. The van der Waals surface area contributed by atoms with E-state index in [2.05, 4.69) is 85.9 Å². The topological polar surface area (TPSA) is 109 Å².